The predicted octanol–water partition coefficient (Wildman–Crippen LogP) is 4.86. The molecule has 6 nitrogen and oxygen atoms in total. The maximum atomic E-state index is 13.7. The number of morpholine rings is 1. The molecule has 9 heteroatoms. The molecule has 0 spiro atoms. The highest BCUT2D eigenvalue weighted by atomic mass is 32.2. The Bertz CT molecular complexity index is 1050. The highest BCUT2D eigenvalue weighted by Gasteiger charge is 2.31. The van der Waals surface area contributed by atoms with Crippen LogP contribution < -0.4 is 0 Å². The fourth-order valence-corrected chi connectivity index (χ4v) is 7.14. The number of hydrogen-bond acceptors (Lipinski definition) is 7. The Morgan fingerprint density at radius 2 is 1.63 bits per heavy atom. The molecule has 1 fully saturated rings. The molecule has 0 radical (unpaired) electrons. The van der Waals surface area contributed by atoms with E-state index in [9.17, 15) is 13.2 Å². The summed E-state index contributed by atoms with van der Waals surface area (Å²) in [5, 5.41) is 0.0668. The molecule has 2 aromatic carbocycles. The second-order valence-electron chi connectivity index (χ2n) is 9.65. The van der Waals surface area contributed by atoms with Crippen LogP contribution in [0, 0.1) is 5.41 Å². The van der Waals surface area contributed by atoms with Crippen molar-refractivity contribution < 1.29 is 17.9 Å². The lowest BCUT2D eigenvalue weighted by Crippen LogP contribution is -2.46. The van der Waals surface area contributed by atoms with Gasteiger partial charge in [-0.1, -0.05) is 62.5 Å². The quantitative estimate of drug-likeness (QED) is 0.430. The third-order valence-corrected chi connectivity index (χ3v) is 10.3. The van der Waals surface area contributed by atoms with E-state index in [2.05, 4.69) is 4.90 Å². The SMILES string of the molecule is CC(CSC(=O)C(C)(C)C)N(CCN1CCOCC1)S(=O)(=O)c1ccc(Sc2ccccc2)cc1. The van der Waals surface area contributed by atoms with Crippen LogP contribution in [0.25, 0.3) is 0 Å². The average molecular weight is 537 g/mol. The van der Waals surface area contributed by atoms with Gasteiger partial charge in [0, 0.05) is 53.2 Å². The van der Waals surface area contributed by atoms with E-state index in [4.69, 9.17) is 4.74 Å². The van der Waals surface area contributed by atoms with Crippen LogP contribution in [0.4, 0.5) is 0 Å². The topological polar surface area (TPSA) is 66.9 Å². The van der Waals surface area contributed by atoms with Gasteiger partial charge in [0.1, 0.15) is 0 Å². The van der Waals surface area contributed by atoms with E-state index in [1.54, 1.807) is 28.2 Å². The van der Waals surface area contributed by atoms with Crippen molar-refractivity contribution in [1.82, 2.24) is 9.21 Å². The first-order chi connectivity index (χ1) is 16.6. The van der Waals surface area contributed by atoms with Gasteiger partial charge in [-0.3, -0.25) is 9.69 Å². The number of benzene rings is 2. The van der Waals surface area contributed by atoms with Crippen molar-refractivity contribution in [2.45, 2.75) is 48.4 Å². The third-order valence-electron chi connectivity index (χ3n) is 5.71. The minimum absolute atomic E-state index is 0.0668. The smallest absolute Gasteiger partial charge is 0.243 e. The summed E-state index contributed by atoms with van der Waals surface area (Å²) in [5.41, 5.74) is -0.464. The Labute approximate surface area is 218 Å². The van der Waals surface area contributed by atoms with Gasteiger partial charge in [-0.25, -0.2) is 8.42 Å². The third kappa shape index (κ3) is 8.33. The van der Waals surface area contributed by atoms with Gasteiger partial charge in [0.2, 0.25) is 10.0 Å². The lowest BCUT2D eigenvalue weighted by molar-refractivity contribution is -0.117. The molecule has 1 heterocycles. The summed E-state index contributed by atoms with van der Waals surface area (Å²) in [6.45, 7) is 11.5. The van der Waals surface area contributed by atoms with Gasteiger partial charge in [-0.05, 0) is 43.3 Å². The summed E-state index contributed by atoms with van der Waals surface area (Å²) in [6, 6.07) is 16.7. The van der Waals surface area contributed by atoms with Gasteiger partial charge in [-0.15, -0.1) is 0 Å². The van der Waals surface area contributed by atoms with E-state index in [1.165, 1.54) is 11.8 Å². The molecule has 0 amide bonds. The van der Waals surface area contributed by atoms with Crippen molar-refractivity contribution in [1.29, 1.82) is 0 Å². The van der Waals surface area contributed by atoms with E-state index in [1.807, 2.05) is 70.2 Å². The van der Waals surface area contributed by atoms with E-state index >= 15 is 0 Å². The Kier molecular flexibility index (Phi) is 10.3. The molecule has 1 unspecified atom stereocenters. The molecule has 35 heavy (non-hydrogen) atoms. The maximum absolute atomic E-state index is 13.7. The number of nitrogens with zero attached hydrogens (tertiary/aromatic N) is 2. The summed E-state index contributed by atoms with van der Waals surface area (Å²) >= 11 is 2.81. The average Bonchev–Trinajstić information content (AvgIpc) is 2.83. The van der Waals surface area contributed by atoms with Crippen LogP contribution in [0.5, 0.6) is 0 Å². The van der Waals surface area contributed by atoms with Crippen LogP contribution >= 0.6 is 23.5 Å². The standard InChI is InChI=1S/C26H36N2O4S3/c1-21(20-33-25(29)26(2,3)4)28(15-14-27-16-18-32-19-17-27)35(30,31)24-12-10-23(11-13-24)34-22-8-6-5-7-9-22/h5-13,21H,14-20H2,1-4H3. The van der Waals surface area contributed by atoms with E-state index in [-0.39, 0.29) is 16.1 Å². The van der Waals surface area contributed by atoms with Gasteiger partial charge in [0.15, 0.2) is 5.12 Å². The fourth-order valence-electron chi connectivity index (χ4n) is 3.58. The lowest BCUT2D eigenvalue weighted by Gasteiger charge is -2.32. The van der Waals surface area contributed by atoms with Crippen molar-refractivity contribution in [2.75, 3.05) is 45.1 Å². The van der Waals surface area contributed by atoms with Crippen LogP contribution in [0.1, 0.15) is 27.7 Å². The number of carbonyl (C=O) groups is 1. The van der Waals surface area contributed by atoms with E-state index in [0.717, 1.165) is 22.9 Å². The number of rotatable bonds is 10. The lowest BCUT2D eigenvalue weighted by atomic mass is 10.00. The van der Waals surface area contributed by atoms with Gasteiger partial charge in [0.05, 0.1) is 18.1 Å². The Hall–Kier alpha value is -1.36. The van der Waals surface area contributed by atoms with Gasteiger partial charge in [-0.2, -0.15) is 4.31 Å². The molecule has 0 aromatic heterocycles. The second-order valence-corrected chi connectivity index (χ2v) is 13.7. The molecule has 0 N–H and O–H groups in total. The Balaban J connectivity index is 1.76. The van der Waals surface area contributed by atoms with Crippen LogP contribution in [0.3, 0.4) is 0 Å². The van der Waals surface area contributed by atoms with Gasteiger partial charge >= 0.3 is 0 Å². The fraction of sp³-hybridized carbons (Fsp3) is 0.500. The number of carbonyl (C=O) groups excluding carboxylic acids is 1. The molecule has 2 aromatic rings. The second kappa shape index (κ2) is 12.7. The van der Waals surface area contributed by atoms with Crippen molar-refractivity contribution in [3.63, 3.8) is 0 Å². The molecule has 0 bridgehead atoms. The number of thioether (sulfide) groups is 1. The number of hydrogen-bond donors (Lipinski definition) is 0. The molecule has 0 aliphatic carbocycles. The minimum Gasteiger partial charge on any atom is -0.379 e. The summed E-state index contributed by atoms with van der Waals surface area (Å²) in [7, 11) is -3.73. The maximum Gasteiger partial charge on any atom is 0.243 e. The van der Waals surface area contributed by atoms with Crippen molar-refractivity contribution in [3.05, 3.63) is 54.6 Å². The minimum atomic E-state index is -3.73. The number of sulfonamides is 1. The molecule has 1 aliphatic heterocycles. The molecule has 192 valence electrons. The Morgan fingerprint density at radius 3 is 2.23 bits per heavy atom. The first kappa shape index (κ1) is 28.2. The predicted molar refractivity (Wildman–Crippen MR) is 145 cm³/mol. The summed E-state index contributed by atoms with van der Waals surface area (Å²) in [4.78, 5) is 17.1. The molecule has 1 saturated heterocycles. The summed E-state index contributed by atoms with van der Waals surface area (Å²) in [6.07, 6.45) is 0. The zero-order valence-corrected chi connectivity index (χ0v) is 23.4. The van der Waals surface area contributed by atoms with Crippen molar-refractivity contribution >= 4 is 38.7 Å². The zero-order chi connectivity index (χ0) is 25.5. The Morgan fingerprint density at radius 1 is 1.03 bits per heavy atom. The zero-order valence-electron chi connectivity index (χ0n) is 21.0. The normalized spacial score (nSPS) is 16.4. The summed E-state index contributed by atoms with van der Waals surface area (Å²) in [5.74, 6) is 0.417. The highest BCUT2D eigenvalue weighted by molar-refractivity contribution is 8.13. The van der Waals surface area contributed by atoms with E-state index < -0.39 is 15.4 Å². The van der Waals surface area contributed by atoms with Crippen LogP contribution in [0.15, 0.2) is 69.3 Å². The molecular weight excluding hydrogens is 500 g/mol. The van der Waals surface area contributed by atoms with Gasteiger partial charge < -0.3 is 4.74 Å². The molecule has 1 aliphatic rings. The first-order valence-electron chi connectivity index (χ1n) is 11.9. The van der Waals surface area contributed by atoms with Crippen LogP contribution in [-0.4, -0.2) is 73.9 Å². The molecule has 1 atom stereocenters. The largest absolute Gasteiger partial charge is 0.379 e. The van der Waals surface area contributed by atoms with E-state index in [0.29, 0.717) is 32.1 Å². The van der Waals surface area contributed by atoms with Crippen molar-refractivity contribution in [2.24, 2.45) is 5.41 Å². The van der Waals surface area contributed by atoms with Crippen LogP contribution in [0.2, 0.25) is 0 Å². The first-order valence-corrected chi connectivity index (χ1v) is 15.1. The highest BCUT2D eigenvalue weighted by Crippen LogP contribution is 2.30. The van der Waals surface area contributed by atoms with Gasteiger partial charge in [0.25, 0.3) is 0 Å². The molecule has 3 rings (SSSR count). The summed E-state index contributed by atoms with van der Waals surface area (Å²) < 4.78 is 34.5. The molecular formula is C26H36N2O4S3. The molecule has 0 saturated carbocycles. The van der Waals surface area contributed by atoms with Crippen molar-refractivity contribution in [3.8, 4) is 0 Å². The van der Waals surface area contributed by atoms with Crippen LogP contribution in [-0.2, 0) is 19.6 Å². The number of ether oxygens (including phenoxy) is 1. The monoisotopic (exact) mass is 536 g/mol.